The molecule has 1 N–H and O–H groups in total. The van der Waals surface area contributed by atoms with Crippen LogP contribution in [0.1, 0.15) is 5.56 Å². The smallest absolute Gasteiger partial charge is 0.282 e. The third-order valence-electron chi connectivity index (χ3n) is 6.53. The van der Waals surface area contributed by atoms with Gasteiger partial charge < -0.3 is 10.1 Å². The molecule has 0 radical (unpaired) electrons. The SMILES string of the molecule is O=C(COc1ccc2ccccc2c1C=Nn1c(-c2ccccc2)nc2ccccc2c1=O)Nc1ccccc1F. The second-order valence-corrected chi connectivity index (χ2v) is 9.20. The van der Waals surface area contributed by atoms with Crippen molar-refractivity contribution in [3.63, 3.8) is 0 Å². The van der Waals surface area contributed by atoms with Crippen molar-refractivity contribution in [2.45, 2.75) is 0 Å². The first-order chi connectivity index (χ1) is 20.1. The number of fused-ring (bicyclic) bond motifs is 2. The van der Waals surface area contributed by atoms with Gasteiger partial charge in [-0.15, -0.1) is 0 Å². The summed E-state index contributed by atoms with van der Waals surface area (Å²) in [4.78, 5) is 30.9. The highest BCUT2D eigenvalue weighted by molar-refractivity contribution is 6.02. The zero-order chi connectivity index (χ0) is 28.2. The number of carbonyl (C=O) groups is 1. The number of anilines is 1. The van der Waals surface area contributed by atoms with Crippen LogP contribution in [-0.2, 0) is 4.79 Å². The molecule has 0 aliphatic carbocycles. The van der Waals surface area contributed by atoms with Gasteiger partial charge in [-0.25, -0.2) is 9.37 Å². The largest absolute Gasteiger partial charge is 0.483 e. The van der Waals surface area contributed by atoms with Crippen molar-refractivity contribution in [3.05, 3.63) is 137 Å². The van der Waals surface area contributed by atoms with E-state index in [1.807, 2.05) is 66.7 Å². The molecule has 0 saturated carbocycles. The number of aromatic nitrogens is 2. The van der Waals surface area contributed by atoms with E-state index in [1.165, 1.54) is 23.0 Å². The molecule has 1 heterocycles. The highest BCUT2D eigenvalue weighted by Gasteiger charge is 2.14. The molecule has 0 saturated heterocycles. The van der Waals surface area contributed by atoms with E-state index in [4.69, 9.17) is 9.72 Å². The predicted molar refractivity (Wildman–Crippen MR) is 159 cm³/mol. The van der Waals surface area contributed by atoms with Crippen LogP contribution >= 0.6 is 0 Å². The van der Waals surface area contributed by atoms with Gasteiger partial charge >= 0.3 is 0 Å². The summed E-state index contributed by atoms with van der Waals surface area (Å²) in [7, 11) is 0. The van der Waals surface area contributed by atoms with Gasteiger partial charge in [0.1, 0.15) is 11.6 Å². The Labute approximate surface area is 234 Å². The molecule has 7 nitrogen and oxygen atoms in total. The van der Waals surface area contributed by atoms with Gasteiger partial charge in [0, 0.05) is 11.1 Å². The van der Waals surface area contributed by atoms with Crippen molar-refractivity contribution in [2.24, 2.45) is 5.10 Å². The summed E-state index contributed by atoms with van der Waals surface area (Å²) in [5.41, 5.74) is 1.61. The van der Waals surface area contributed by atoms with Crippen LogP contribution < -0.4 is 15.6 Å². The minimum absolute atomic E-state index is 0.0676. The van der Waals surface area contributed by atoms with E-state index in [0.29, 0.717) is 28.0 Å². The van der Waals surface area contributed by atoms with Gasteiger partial charge in [-0.3, -0.25) is 9.59 Å². The predicted octanol–water partition coefficient (Wildman–Crippen LogP) is 6.26. The molecule has 1 aromatic heterocycles. The molecule has 6 rings (SSSR count). The molecule has 0 bridgehead atoms. The second-order valence-electron chi connectivity index (χ2n) is 9.20. The van der Waals surface area contributed by atoms with E-state index in [-0.39, 0.29) is 17.9 Å². The maximum atomic E-state index is 14.0. The first-order valence-electron chi connectivity index (χ1n) is 12.9. The van der Waals surface area contributed by atoms with Gasteiger partial charge in [0.15, 0.2) is 12.4 Å². The maximum Gasteiger partial charge on any atom is 0.282 e. The average Bonchev–Trinajstić information content (AvgIpc) is 3.01. The van der Waals surface area contributed by atoms with Crippen LogP contribution in [0.2, 0.25) is 0 Å². The Hall–Kier alpha value is -5.63. The highest BCUT2D eigenvalue weighted by Crippen LogP contribution is 2.27. The van der Waals surface area contributed by atoms with Crippen LogP contribution in [0.3, 0.4) is 0 Å². The fourth-order valence-electron chi connectivity index (χ4n) is 4.55. The molecular formula is C33H23FN4O3. The first-order valence-corrected chi connectivity index (χ1v) is 12.9. The molecule has 0 fully saturated rings. The molecule has 6 aromatic rings. The zero-order valence-corrected chi connectivity index (χ0v) is 21.7. The van der Waals surface area contributed by atoms with Crippen molar-refractivity contribution in [2.75, 3.05) is 11.9 Å². The molecule has 8 heteroatoms. The molecule has 0 spiro atoms. The number of rotatable bonds is 7. The summed E-state index contributed by atoms with van der Waals surface area (Å²) < 4.78 is 21.2. The maximum absolute atomic E-state index is 14.0. The monoisotopic (exact) mass is 542 g/mol. The zero-order valence-electron chi connectivity index (χ0n) is 21.7. The van der Waals surface area contributed by atoms with Gasteiger partial charge in [-0.2, -0.15) is 9.78 Å². The molecule has 41 heavy (non-hydrogen) atoms. The average molecular weight is 543 g/mol. The molecule has 200 valence electrons. The van der Waals surface area contributed by atoms with Gasteiger partial charge in [0.25, 0.3) is 11.5 Å². The van der Waals surface area contributed by atoms with E-state index in [0.717, 1.165) is 16.3 Å². The normalized spacial score (nSPS) is 11.2. The summed E-state index contributed by atoms with van der Waals surface area (Å²) in [5, 5.41) is 9.29. The van der Waals surface area contributed by atoms with Crippen molar-refractivity contribution < 1.29 is 13.9 Å². The summed E-state index contributed by atoms with van der Waals surface area (Å²) in [5.74, 6) is -0.299. The Morgan fingerprint density at radius 1 is 0.854 bits per heavy atom. The third-order valence-corrected chi connectivity index (χ3v) is 6.53. The number of nitrogens with one attached hydrogen (secondary N) is 1. The van der Waals surface area contributed by atoms with E-state index in [9.17, 15) is 14.0 Å². The Balaban J connectivity index is 1.41. The fraction of sp³-hybridized carbons (Fsp3) is 0.0303. The lowest BCUT2D eigenvalue weighted by molar-refractivity contribution is -0.118. The van der Waals surface area contributed by atoms with Gasteiger partial charge in [0.2, 0.25) is 0 Å². The molecule has 0 unspecified atom stereocenters. The number of para-hydroxylation sites is 2. The summed E-state index contributed by atoms with van der Waals surface area (Å²) in [6, 6.07) is 33.6. The number of nitrogens with zero attached hydrogens (tertiary/aromatic N) is 3. The van der Waals surface area contributed by atoms with Crippen LogP contribution in [0.25, 0.3) is 33.1 Å². The van der Waals surface area contributed by atoms with Crippen molar-refractivity contribution in [1.82, 2.24) is 9.66 Å². The number of amides is 1. The Morgan fingerprint density at radius 2 is 1.56 bits per heavy atom. The number of hydrogen-bond acceptors (Lipinski definition) is 5. The van der Waals surface area contributed by atoms with E-state index < -0.39 is 11.7 Å². The van der Waals surface area contributed by atoms with Crippen LogP contribution in [0.5, 0.6) is 5.75 Å². The van der Waals surface area contributed by atoms with E-state index >= 15 is 0 Å². The number of halogens is 1. The Morgan fingerprint density at radius 3 is 2.39 bits per heavy atom. The molecular weight excluding hydrogens is 519 g/mol. The minimum Gasteiger partial charge on any atom is -0.483 e. The fourth-order valence-corrected chi connectivity index (χ4v) is 4.55. The number of ether oxygens (including phenoxy) is 1. The minimum atomic E-state index is -0.539. The lowest BCUT2D eigenvalue weighted by Gasteiger charge is -2.13. The Bertz CT molecular complexity index is 1990. The summed E-state index contributed by atoms with van der Waals surface area (Å²) in [6.45, 7) is -0.361. The van der Waals surface area contributed by atoms with Crippen molar-refractivity contribution in [3.8, 4) is 17.1 Å². The standard InChI is InChI=1S/C33H23FN4O3/c34-27-15-7-9-17-29(27)36-31(39)21-41-30-19-18-22-10-4-5-13-24(22)26(30)20-35-38-32(23-11-2-1-3-12-23)37-28-16-8-6-14-25(28)33(38)40/h1-20H,21H2,(H,36,39). The van der Waals surface area contributed by atoms with Gasteiger partial charge in [-0.1, -0.05) is 84.9 Å². The third kappa shape index (κ3) is 5.31. The van der Waals surface area contributed by atoms with Gasteiger partial charge in [0.05, 0.1) is 22.8 Å². The lowest BCUT2D eigenvalue weighted by atomic mass is 10.0. The summed E-state index contributed by atoms with van der Waals surface area (Å²) in [6.07, 6.45) is 1.54. The molecule has 0 atom stereocenters. The van der Waals surface area contributed by atoms with Gasteiger partial charge in [-0.05, 0) is 41.1 Å². The lowest BCUT2D eigenvalue weighted by Crippen LogP contribution is -2.21. The number of benzene rings is 5. The first kappa shape index (κ1) is 25.6. The molecule has 0 aliphatic rings. The second kappa shape index (κ2) is 11.2. The highest BCUT2D eigenvalue weighted by atomic mass is 19.1. The van der Waals surface area contributed by atoms with Crippen LogP contribution in [0.4, 0.5) is 10.1 Å². The number of carbonyl (C=O) groups excluding carboxylic acids is 1. The van der Waals surface area contributed by atoms with Crippen LogP contribution in [-0.4, -0.2) is 28.4 Å². The quantitative estimate of drug-likeness (QED) is 0.242. The van der Waals surface area contributed by atoms with E-state index in [2.05, 4.69) is 10.4 Å². The van der Waals surface area contributed by atoms with Crippen LogP contribution in [0.15, 0.2) is 125 Å². The molecule has 1 amide bonds. The van der Waals surface area contributed by atoms with Crippen molar-refractivity contribution in [1.29, 1.82) is 0 Å². The molecule has 5 aromatic carbocycles. The van der Waals surface area contributed by atoms with Crippen molar-refractivity contribution >= 4 is 39.5 Å². The summed E-state index contributed by atoms with van der Waals surface area (Å²) >= 11 is 0. The van der Waals surface area contributed by atoms with E-state index in [1.54, 1.807) is 36.4 Å². The van der Waals surface area contributed by atoms with Crippen LogP contribution in [0, 0.1) is 5.82 Å². The molecule has 0 aliphatic heterocycles. The number of hydrogen-bond donors (Lipinski definition) is 1. The Kier molecular flexibility index (Phi) is 7.02. The topological polar surface area (TPSA) is 85.6 Å².